The second kappa shape index (κ2) is 4.89. The van der Waals surface area contributed by atoms with Crippen molar-refractivity contribution in [2.75, 3.05) is 0 Å². The molecule has 6 heteroatoms. The Balaban J connectivity index is 1.88. The van der Waals surface area contributed by atoms with Crippen LogP contribution in [0.1, 0.15) is 24.5 Å². The Morgan fingerprint density at radius 1 is 1.30 bits per heavy atom. The van der Waals surface area contributed by atoms with E-state index in [1.807, 2.05) is 17.6 Å². The molecule has 1 aliphatic rings. The van der Waals surface area contributed by atoms with Gasteiger partial charge in [0.2, 0.25) is 0 Å². The number of halogens is 2. The fourth-order valence-electron chi connectivity index (χ4n) is 2.16. The predicted octanol–water partition coefficient (Wildman–Crippen LogP) is 4.89. The first-order chi connectivity index (χ1) is 9.72. The van der Waals surface area contributed by atoms with Gasteiger partial charge in [0.05, 0.1) is 19.5 Å². The zero-order valence-corrected chi connectivity index (χ0v) is 14.0. The molecule has 3 heterocycles. The normalized spacial score (nSPS) is 14.9. The molecule has 0 atom stereocenters. The van der Waals surface area contributed by atoms with E-state index in [-0.39, 0.29) is 0 Å². The fourth-order valence-corrected chi connectivity index (χ4v) is 3.80. The van der Waals surface area contributed by atoms with Gasteiger partial charge < -0.3 is 0 Å². The minimum atomic E-state index is 0.545. The summed E-state index contributed by atoms with van der Waals surface area (Å²) in [6.07, 6.45) is 4.22. The number of nitrogens with zero attached hydrogens (tertiary/aromatic N) is 3. The smallest absolute Gasteiger partial charge is 0.162 e. The van der Waals surface area contributed by atoms with Gasteiger partial charge in [-0.3, -0.25) is 4.98 Å². The van der Waals surface area contributed by atoms with E-state index in [1.54, 1.807) is 11.3 Å². The van der Waals surface area contributed by atoms with Gasteiger partial charge in [0.25, 0.3) is 0 Å². The third-order valence-electron chi connectivity index (χ3n) is 3.36. The second-order valence-electron chi connectivity index (χ2n) is 4.84. The Morgan fingerprint density at radius 2 is 2.15 bits per heavy atom. The number of rotatable bonds is 2. The topological polar surface area (TPSA) is 38.7 Å². The Kier molecular flexibility index (Phi) is 3.16. The number of pyridine rings is 1. The first-order valence-corrected chi connectivity index (χ1v) is 8.62. The highest BCUT2D eigenvalue weighted by Crippen LogP contribution is 2.42. The SMILES string of the molecule is Clc1nc(-c2cnc3ccsc3c2)nc(C2CC2)c1I. The molecule has 4 rings (SSSR count). The predicted molar refractivity (Wildman–Crippen MR) is 90.3 cm³/mol. The van der Waals surface area contributed by atoms with Crippen LogP contribution in [0.25, 0.3) is 21.6 Å². The maximum atomic E-state index is 6.26. The van der Waals surface area contributed by atoms with Crippen molar-refractivity contribution < 1.29 is 0 Å². The number of aromatic nitrogens is 3. The molecule has 3 aromatic heterocycles. The summed E-state index contributed by atoms with van der Waals surface area (Å²) < 4.78 is 2.13. The van der Waals surface area contributed by atoms with E-state index in [0.29, 0.717) is 16.9 Å². The molecular formula is C14H9ClIN3S. The first-order valence-electron chi connectivity index (χ1n) is 6.29. The lowest BCUT2D eigenvalue weighted by Crippen LogP contribution is -1.99. The van der Waals surface area contributed by atoms with E-state index in [9.17, 15) is 0 Å². The molecule has 0 aromatic carbocycles. The number of fused-ring (bicyclic) bond motifs is 1. The number of thiophene rings is 1. The average Bonchev–Trinajstić information content (AvgIpc) is 3.18. The van der Waals surface area contributed by atoms with Gasteiger partial charge in [-0.25, -0.2) is 9.97 Å². The number of hydrogen-bond donors (Lipinski definition) is 0. The Hall–Kier alpha value is -0.790. The zero-order valence-electron chi connectivity index (χ0n) is 10.3. The Labute approximate surface area is 138 Å². The van der Waals surface area contributed by atoms with Crippen LogP contribution < -0.4 is 0 Å². The van der Waals surface area contributed by atoms with Crippen molar-refractivity contribution >= 4 is 55.7 Å². The Bertz CT molecular complexity index is 813. The van der Waals surface area contributed by atoms with E-state index in [0.717, 1.165) is 25.0 Å². The molecule has 1 fully saturated rings. The zero-order chi connectivity index (χ0) is 13.7. The summed E-state index contributed by atoms with van der Waals surface area (Å²) in [4.78, 5) is 13.6. The lowest BCUT2D eigenvalue weighted by molar-refractivity contribution is 0.977. The van der Waals surface area contributed by atoms with Crippen LogP contribution in [-0.2, 0) is 0 Å². The highest BCUT2D eigenvalue weighted by atomic mass is 127. The van der Waals surface area contributed by atoms with Gasteiger partial charge in [0.1, 0.15) is 5.15 Å². The van der Waals surface area contributed by atoms with Crippen molar-refractivity contribution in [2.24, 2.45) is 0 Å². The maximum absolute atomic E-state index is 6.26. The van der Waals surface area contributed by atoms with Gasteiger partial charge in [-0.2, -0.15) is 0 Å². The molecule has 0 unspecified atom stereocenters. The molecule has 0 N–H and O–H groups in total. The highest BCUT2D eigenvalue weighted by molar-refractivity contribution is 14.1. The summed E-state index contributed by atoms with van der Waals surface area (Å²) in [5.74, 6) is 1.24. The molecule has 0 aliphatic heterocycles. The first kappa shape index (κ1) is 12.9. The molecule has 100 valence electrons. The molecule has 3 aromatic rings. The van der Waals surface area contributed by atoms with Crippen LogP contribution in [0, 0.1) is 3.57 Å². The number of hydrogen-bond acceptors (Lipinski definition) is 4. The van der Waals surface area contributed by atoms with E-state index in [4.69, 9.17) is 16.6 Å². The van der Waals surface area contributed by atoms with Crippen molar-refractivity contribution in [3.63, 3.8) is 0 Å². The Morgan fingerprint density at radius 3 is 2.95 bits per heavy atom. The summed E-state index contributed by atoms with van der Waals surface area (Å²) in [5.41, 5.74) is 3.03. The molecule has 0 amide bonds. The summed E-state index contributed by atoms with van der Waals surface area (Å²) in [5, 5.41) is 2.59. The van der Waals surface area contributed by atoms with E-state index in [2.05, 4.69) is 38.6 Å². The van der Waals surface area contributed by atoms with Gasteiger partial charge >= 0.3 is 0 Å². The maximum Gasteiger partial charge on any atom is 0.162 e. The molecule has 0 bridgehead atoms. The van der Waals surface area contributed by atoms with Gasteiger partial charge in [0, 0.05) is 17.7 Å². The van der Waals surface area contributed by atoms with E-state index >= 15 is 0 Å². The van der Waals surface area contributed by atoms with Crippen molar-refractivity contribution in [2.45, 2.75) is 18.8 Å². The summed E-state index contributed by atoms with van der Waals surface area (Å²) in [7, 11) is 0. The van der Waals surface area contributed by atoms with Gasteiger partial charge in [-0.05, 0) is 52.9 Å². The fraction of sp³-hybridized carbons (Fsp3) is 0.214. The van der Waals surface area contributed by atoms with Crippen molar-refractivity contribution in [3.05, 3.63) is 38.1 Å². The molecule has 0 radical (unpaired) electrons. The van der Waals surface area contributed by atoms with Crippen LogP contribution in [0.15, 0.2) is 23.7 Å². The van der Waals surface area contributed by atoms with E-state index < -0.39 is 0 Å². The van der Waals surface area contributed by atoms with E-state index in [1.165, 1.54) is 12.8 Å². The quantitative estimate of drug-likeness (QED) is 0.443. The molecule has 1 aliphatic carbocycles. The van der Waals surface area contributed by atoms with Gasteiger partial charge in [-0.15, -0.1) is 11.3 Å². The summed E-state index contributed by atoms with van der Waals surface area (Å²) in [6.45, 7) is 0. The molecule has 20 heavy (non-hydrogen) atoms. The van der Waals surface area contributed by atoms with Gasteiger partial charge in [-0.1, -0.05) is 11.6 Å². The lowest BCUT2D eigenvalue weighted by Gasteiger charge is -2.07. The highest BCUT2D eigenvalue weighted by Gasteiger charge is 2.29. The van der Waals surface area contributed by atoms with Crippen molar-refractivity contribution in [1.29, 1.82) is 0 Å². The second-order valence-corrected chi connectivity index (χ2v) is 7.22. The van der Waals surface area contributed by atoms with Crippen LogP contribution in [0.5, 0.6) is 0 Å². The van der Waals surface area contributed by atoms with Crippen LogP contribution in [0.4, 0.5) is 0 Å². The van der Waals surface area contributed by atoms with Crippen LogP contribution >= 0.6 is 45.5 Å². The van der Waals surface area contributed by atoms with Crippen LogP contribution in [0.2, 0.25) is 5.15 Å². The molecule has 1 saturated carbocycles. The summed E-state index contributed by atoms with van der Waals surface area (Å²) >= 11 is 10.2. The summed E-state index contributed by atoms with van der Waals surface area (Å²) in [6, 6.07) is 4.10. The molecular weight excluding hydrogens is 405 g/mol. The largest absolute Gasteiger partial charge is 0.255 e. The average molecular weight is 414 g/mol. The minimum Gasteiger partial charge on any atom is -0.255 e. The van der Waals surface area contributed by atoms with Crippen molar-refractivity contribution in [3.8, 4) is 11.4 Å². The van der Waals surface area contributed by atoms with Crippen molar-refractivity contribution in [1.82, 2.24) is 15.0 Å². The van der Waals surface area contributed by atoms with Gasteiger partial charge in [0.15, 0.2) is 5.82 Å². The molecule has 3 nitrogen and oxygen atoms in total. The lowest BCUT2D eigenvalue weighted by atomic mass is 10.2. The molecule has 0 spiro atoms. The minimum absolute atomic E-state index is 0.545. The van der Waals surface area contributed by atoms with Crippen LogP contribution in [0.3, 0.4) is 0 Å². The van der Waals surface area contributed by atoms with Crippen LogP contribution in [-0.4, -0.2) is 15.0 Å². The standard InChI is InChI=1S/C14H9ClIN3S/c15-13-11(16)12(7-1-2-7)18-14(19-13)8-5-10-9(17-6-8)3-4-20-10/h3-7H,1-2H2. The third kappa shape index (κ3) is 2.21. The third-order valence-corrected chi connectivity index (χ3v) is 5.87. The molecule has 0 saturated heterocycles. The monoisotopic (exact) mass is 413 g/mol.